The molecule has 0 saturated carbocycles. The average molecular weight is 171 g/mol. The molecule has 1 saturated heterocycles. The molecule has 0 spiro atoms. The number of nitrogens with one attached hydrogen (secondary N) is 1. The van der Waals surface area contributed by atoms with Crippen molar-refractivity contribution in [1.82, 2.24) is 5.32 Å². The van der Waals surface area contributed by atoms with E-state index in [1.165, 1.54) is 0 Å². The van der Waals surface area contributed by atoms with Crippen molar-refractivity contribution in [3.63, 3.8) is 0 Å². The molecule has 0 aliphatic carbocycles. The van der Waals surface area contributed by atoms with Crippen molar-refractivity contribution in [1.29, 1.82) is 0 Å². The molecule has 1 aliphatic heterocycles. The molecule has 1 aliphatic rings. The third-order valence-electron chi connectivity index (χ3n) is 2.22. The standard InChI is InChI=1S/C8H15N2O2/c1-8(11)9-4-7-10(12)5-2-3-6-10/h1-7H2,(H,9,11). The van der Waals surface area contributed by atoms with Crippen molar-refractivity contribution in [2.45, 2.75) is 12.8 Å². The fraction of sp³-hybridized carbons (Fsp3) is 0.750. The molecule has 1 radical (unpaired) electrons. The van der Waals surface area contributed by atoms with E-state index in [0.717, 1.165) is 12.8 Å². The van der Waals surface area contributed by atoms with Crippen LogP contribution in [0.2, 0.25) is 0 Å². The van der Waals surface area contributed by atoms with Crippen LogP contribution in [0.15, 0.2) is 0 Å². The van der Waals surface area contributed by atoms with Gasteiger partial charge in [-0.3, -0.25) is 4.79 Å². The molecular weight excluding hydrogens is 156 g/mol. The summed E-state index contributed by atoms with van der Waals surface area (Å²) in [5.41, 5.74) is 0. The van der Waals surface area contributed by atoms with E-state index in [2.05, 4.69) is 12.2 Å². The second kappa shape index (κ2) is 3.87. The van der Waals surface area contributed by atoms with Gasteiger partial charge in [0.2, 0.25) is 5.91 Å². The largest absolute Gasteiger partial charge is 0.633 e. The van der Waals surface area contributed by atoms with Gasteiger partial charge in [0.05, 0.1) is 26.2 Å². The minimum Gasteiger partial charge on any atom is -0.633 e. The van der Waals surface area contributed by atoms with Crippen LogP contribution >= 0.6 is 0 Å². The first kappa shape index (κ1) is 9.48. The van der Waals surface area contributed by atoms with E-state index in [0.29, 0.717) is 26.2 Å². The van der Waals surface area contributed by atoms with Crippen LogP contribution in [0.25, 0.3) is 0 Å². The Kier molecular flexibility index (Phi) is 3.05. The molecule has 1 amide bonds. The van der Waals surface area contributed by atoms with E-state index in [1.54, 1.807) is 0 Å². The van der Waals surface area contributed by atoms with Gasteiger partial charge >= 0.3 is 0 Å². The monoisotopic (exact) mass is 171 g/mol. The highest BCUT2D eigenvalue weighted by Crippen LogP contribution is 2.15. The van der Waals surface area contributed by atoms with Gasteiger partial charge in [0, 0.05) is 19.8 Å². The van der Waals surface area contributed by atoms with Gasteiger partial charge in [0.25, 0.3) is 0 Å². The first-order valence-corrected chi connectivity index (χ1v) is 4.29. The number of nitrogens with zero attached hydrogens (tertiary/aromatic N) is 1. The Balaban J connectivity index is 2.17. The summed E-state index contributed by atoms with van der Waals surface area (Å²) >= 11 is 0. The number of hydrogen-bond acceptors (Lipinski definition) is 2. The van der Waals surface area contributed by atoms with Gasteiger partial charge in [-0.25, -0.2) is 0 Å². The Morgan fingerprint density at radius 2 is 2.08 bits per heavy atom. The first-order valence-electron chi connectivity index (χ1n) is 4.29. The van der Waals surface area contributed by atoms with Crippen LogP contribution < -0.4 is 5.32 Å². The fourth-order valence-corrected chi connectivity index (χ4v) is 1.53. The summed E-state index contributed by atoms with van der Waals surface area (Å²) in [6.45, 7) is 5.51. The first-order chi connectivity index (χ1) is 5.62. The molecule has 1 N–H and O–H groups in total. The number of carbonyl (C=O) groups excluding carboxylic acids is 1. The predicted molar refractivity (Wildman–Crippen MR) is 45.8 cm³/mol. The van der Waals surface area contributed by atoms with Crippen molar-refractivity contribution < 1.29 is 9.44 Å². The predicted octanol–water partition coefficient (Wildman–Crippen LogP) is 0.0451. The van der Waals surface area contributed by atoms with Crippen molar-refractivity contribution in [3.05, 3.63) is 12.1 Å². The third-order valence-corrected chi connectivity index (χ3v) is 2.22. The molecule has 0 bridgehead atoms. The maximum Gasteiger partial charge on any atom is 0.220 e. The lowest BCUT2D eigenvalue weighted by atomic mass is 10.4. The molecule has 0 aromatic heterocycles. The van der Waals surface area contributed by atoms with E-state index < -0.39 is 0 Å². The Hall–Kier alpha value is -0.610. The molecule has 69 valence electrons. The SMILES string of the molecule is [CH2]C(=O)NCC[N+]1([O-])CCCC1. The van der Waals surface area contributed by atoms with Gasteiger partial charge in [0.1, 0.15) is 0 Å². The lowest BCUT2D eigenvalue weighted by Gasteiger charge is -2.38. The Morgan fingerprint density at radius 3 is 2.58 bits per heavy atom. The number of hydrogen-bond donors (Lipinski definition) is 1. The zero-order valence-electron chi connectivity index (χ0n) is 7.21. The maximum atomic E-state index is 11.6. The van der Waals surface area contributed by atoms with Crippen LogP contribution in [0.4, 0.5) is 0 Å². The zero-order chi connectivity index (χ0) is 9.03. The van der Waals surface area contributed by atoms with Gasteiger partial charge in [-0.15, -0.1) is 0 Å². The van der Waals surface area contributed by atoms with Crippen LogP contribution in [-0.4, -0.2) is 36.7 Å². The summed E-state index contributed by atoms with van der Waals surface area (Å²) < 4.78 is -0.139. The van der Waals surface area contributed by atoms with Crippen LogP contribution in [0.1, 0.15) is 12.8 Å². The van der Waals surface area contributed by atoms with Gasteiger partial charge in [-0.2, -0.15) is 0 Å². The van der Waals surface area contributed by atoms with Crippen LogP contribution in [0, 0.1) is 12.1 Å². The van der Waals surface area contributed by atoms with E-state index in [1.807, 2.05) is 0 Å². The normalized spacial score (nSPS) is 20.8. The number of carbonyl (C=O) groups is 1. The molecule has 0 aromatic rings. The molecule has 0 aromatic carbocycles. The second-order valence-electron chi connectivity index (χ2n) is 3.29. The molecule has 1 fully saturated rings. The van der Waals surface area contributed by atoms with Crippen molar-refractivity contribution >= 4 is 5.91 Å². The fourth-order valence-electron chi connectivity index (χ4n) is 1.53. The van der Waals surface area contributed by atoms with Crippen LogP contribution in [0.3, 0.4) is 0 Å². The molecule has 0 atom stereocenters. The molecule has 12 heavy (non-hydrogen) atoms. The number of rotatable bonds is 3. The van der Waals surface area contributed by atoms with Crippen molar-refractivity contribution in [2.24, 2.45) is 0 Å². The minimum atomic E-state index is -0.305. The summed E-state index contributed by atoms with van der Waals surface area (Å²) in [7, 11) is 0. The van der Waals surface area contributed by atoms with Crippen molar-refractivity contribution in [3.8, 4) is 0 Å². The highest BCUT2D eigenvalue weighted by Gasteiger charge is 2.21. The number of quaternary nitrogens is 1. The summed E-state index contributed by atoms with van der Waals surface area (Å²) in [6.07, 6.45) is 2.03. The topological polar surface area (TPSA) is 52.2 Å². The number of hydroxylamine groups is 3. The quantitative estimate of drug-likeness (QED) is 0.481. The smallest absolute Gasteiger partial charge is 0.220 e. The third kappa shape index (κ3) is 2.79. The van der Waals surface area contributed by atoms with Gasteiger partial charge < -0.3 is 15.2 Å². The van der Waals surface area contributed by atoms with E-state index in [-0.39, 0.29) is 10.6 Å². The van der Waals surface area contributed by atoms with Crippen molar-refractivity contribution in [2.75, 3.05) is 26.2 Å². The molecule has 0 unspecified atom stereocenters. The summed E-state index contributed by atoms with van der Waals surface area (Å²) in [5.74, 6) is -0.305. The minimum absolute atomic E-state index is 0.139. The summed E-state index contributed by atoms with van der Waals surface area (Å²) in [6, 6.07) is 0. The Labute approximate surface area is 72.7 Å². The summed E-state index contributed by atoms with van der Waals surface area (Å²) in [5, 5.41) is 14.2. The molecule has 4 heteroatoms. The second-order valence-corrected chi connectivity index (χ2v) is 3.29. The highest BCUT2D eigenvalue weighted by atomic mass is 16.5. The lowest BCUT2D eigenvalue weighted by molar-refractivity contribution is -0.866. The van der Waals surface area contributed by atoms with Crippen LogP contribution in [-0.2, 0) is 4.79 Å². The molecule has 1 rings (SSSR count). The van der Waals surface area contributed by atoms with Gasteiger partial charge in [-0.05, 0) is 0 Å². The highest BCUT2D eigenvalue weighted by molar-refractivity contribution is 5.79. The Morgan fingerprint density at radius 1 is 1.50 bits per heavy atom. The van der Waals surface area contributed by atoms with Gasteiger partial charge in [-0.1, -0.05) is 0 Å². The average Bonchev–Trinajstić information content (AvgIpc) is 2.35. The molecule has 1 heterocycles. The van der Waals surface area contributed by atoms with Gasteiger partial charge in [0.15, 0.2) is 0 Å². The number of amides is 1. The molecule has 4 nitrogen and oxygen atoms in total. The Bertz CT molecular complexity index is 164. The van der Waals surface area contributed by atoms with E-state index in [9.17, 15) is 10.0 Å². The number of likely N-dealkylation sites (tertiary alicyclic amines) is 1. The van der Waals surface area contributed by atoms with E-state index >= 15 is 0 Å². The molecular formula is C8H15N2O2. The van der Waals surface area contributed by atoms with E-state index in [4.69, 9.17) is 0 Å². The zero-order valence-corrected chi connectivity index (χ0v) is 7.21. The maximum absolute atomic E-state index is 11.6. The lowest BCUT2D eigenvalue weighted by Crippen LogP contribution is -2.44. The summed E-state index contributed by atoms with van der Waals surface area (Å²) in [4.78, 5) is 10.4. The van der Waals surface area contributed by atoms with Crippen LogP contribution in [0.5, 0.6) is 0 Å².